The van der Waals surface area contributed by atoms with E-state index in [1.165, 1.54) is 4.57 Å². The number of nitrogens with one attached hydrogen (secondary N) is 1. The number of H-pyrrole nitrogens is 1. The summed E-state index contributed by atoms with van der Waals surface area (Å²) in [6.07, 6.45) is 1.62. The number of aromatic amines is 1. The van der Waals surface area contributed by atoms with E-state index in [0.717, 1.165) is 11.3 Å². The SMILES string of the molecule is COc1cccc(Cn2c(=S)[nH]c3ncccc3c2=O)c1. The number of nitrogens with zero attached hydrogens (tertiary/aromatic N) is 2. The first-order chi connectivity index (χ1) is 10.2. The smallest absolute Gasteiger partial charge is 0.264 e. The molecule has 0 bridgehead atoms. The quantitative estimate of drug-likeness (QED) is 0.755. The molecule has 5 nitrogen and oxygen atoms in total. The average Bonchev–Trinajstić information content (AvgIpc) is 2.51. The van der Waals surface area contributed by atoms with Crippen molar-refractivity contribution in [2.75, 3.05) is 7.11 Å². The van der Waals surface area contributed by atoms with E-state index in [1.807, 2.05) is 24.3 Å². The van der Waals surface area contributed by atoms with Crippen LogP contribution in [-0.2, 0) is 6.54 Å². The minimum absolute atomic E-state index is 0.148. The Morgan fingerprint density at radius 1 is 1.33 bits per heavy atom. The summed E-state index contributed by atoms with van der Waals surface area (Å²) in [4.78, 5) is 19.6. The molecule has 0 saturated carbocycles. The molecule has 0 fully saturated rings. The molecule has 2 heterocycles. The monoisotopic (exact) mass is 299 g/mol. The summed E-state index contributed by atoms with van der Waals surface area (Å²) in [5, 5.41) is 0.522. The summed E-state index contributed by atoms with van der Waals surface area (Å²) in [5.41, 5.74) is 1.30. The number of benzene rings is 1. The maximum absolute atomic E-state index is 12.5. The van der Waals surface area contributed by atoms with Gasteiger partial charge in [0.2, 0.25) is 0 Å². The average molecular weight is 299 g/mol. The first-order valence-corrected chi connectivity index (χ1v) is 6.80. The van der Waals surface area contributed by atoms with E-state index >= 15 is 0 Å². The highest BCUT2D eigenvalue weighted by molar-refractivity contribution is 7.71. The Hall–Kier alpha value is -2.47. The summed E-state index contributed by atoms with van der Waals surface area (Å²) < 4.78 is 7.07. The number of hydrogen-bond acceptors (Lipinski definition) is 4. The highest BCUT2D eigenvalue weighted by atomic mass is 32.1. The standard InChI is InChI=1S/C15H13N3O2S/c1-20-11-5-2-4-10(8-11)9-18-14(19)12-6-3-7-16-13(12)17-15(18)21/h2-8H,9H2,1H3,(H,16,17,21). The normalized spacial score (nSPS) is 10.7. The van der Waals surface area contributed by atoms with Crippen molar-refractivity contribution in [3.05, 3.63) is 63.3 Å². The molecule has 0 atom stereocenters. The third kappa shape index (κ3) is 2.57. The molecule has 21 heavy (non-hydrogen) atoms. The first-order valence-electron chi connectivity index (χ1n) is 6.40. The zero-order valence-electron chi connectivity index (χ0n) is 11.4. The van der Waals surface area contributed by atoms with E-state index < -0.39 is 0 Å². The van der Waals surface area contributed by atoms with E-state index in [1.54, 1.807) is 25.4 Å². The van der Waals surface area contributed by atoms with Gasteiger partial charge in [-0.25, -0.2) is 4.98 Å². The van der Waals surface area contributed by atoms with Crippen molar-refractivity contribution in [1.82, 2.24) is 14.5 Å². The third-order valence-corrected chi connectivity index (χ3v) is 3.55. The third-order valence-electron chi connectivity index (χ3n) is 3.23. The molecule has 0 radical (unpaired) electrons. The largest absolute Gasteiger partial charge is 0.497 e. The summed E-state index contributed by atoms with van der Waals surface area (Å²) in [6.45, 7) is 0.385. The zero-order chi connectivity index (χ0) is 14.8. The van der Waals surface area contributed by atoms with Crippen LogP contribution >= 0.6 is 12.2 Å². The molecule has 0 spiro atoms. The lowest BCUT2D eigenvalue weighted by Gasteiger charge is -2.09. The molecular formula is C15H13N3O2S. The van der Waals surface area contributed by atoms with Crippen LogP contribution in [-0.4, -0.2) is 21.6 Å². The Morgan fingerprint density at radius 3 is 3.00 bits per heavy atom. The number of methoxy groups -OCH3 is 1. The van der Waals surface area contributed by atoms with Crippen molar-refractivity contribution in [1.29, 1.82) is 0 Å². The topological polar surface area (TPSA) is 59.9 Å². The van der Waals surface area contributed by atoms with Crippen molar-refractivity contribution < 1.29 is 4.74 Å². The van der Waals surface area contributed by atoms with Crippen molar-refractivity contribution in [2.24, 2.45) is 0 Å². The van der Waals surface area contributed by atoms with E-state index in [9.17, 15) is 4.79 Å². The van der Waals surface area contributed by atoms with Crippen molar-refractivity contribution >= 4 is 23.3 Å². The van der Waals surface area contributed by atoms with Crippen molar-refractivity contribution in [3.8, 4) is 5.75 Å². The second-order valence-corrected chi connectivity index (χ2v) is 4.96. The van der Waals surface area contributed by atoms with Crippen LogP contribution in [0.2, 0.25) is 0 Å². The zero-order valence-corrected chi connectivity index (χ0v) is 12.2. The molecule has 1 aromatic carbocycles. The lowest BCUT2D eigenvalue weighted by Crippen LogP contribution is -2.23. The lowest BCUT2D eigenvalue weighted by molar-refractivity contribution is 0.414. The summed E-state index contributed by atoms with van der Waals surface area (Å²) in [5.74, 6) is 0.748. The minimum atomic E-state index is -0.148. The van der Waals surface area contributed by atoms with Crippen molar-refractivity contribution in [3.63, 3.8) is 0 Å². The van der Waals surface area contributed by atoms with E-state index in [-0.39, 0.29) is 5.56 Å². The Balaban J connectivity index is 2.12. The predicted octanol–water partition coefficient (Wildman–Crippen LogP) is 2.51. The fourth-order valence-corrected chi connectivity index (χ4v) is 2.43. The van der Waals surface area contributed by atoms with Gasteiger partial charge in [-0.1, -0.05) is 12.1 Å². The van der Waals surface area contributed by atoms with Gasteiger partial charge in [0.25, 0.3) is 5.56 Å². The van der Waals surface area contributed by atoms with Crippen LogP contribution < -0.4 is 10.3 Å². The molecule has 6 heteroatoms. The minimum Gasteiger partial charge on any atom is -0.497 e. The van der Waals surface area contributed by atoms with Gasteiger partial charge in [0, 0.05) is 6.20 Å². The number of rotatable bonds is 3. The van der Waals surface area contributed by atoms with Crippen LogP contribution in [0, 0.1) is 4.77 Å². The summed E-state index contributed by atoms with van der Waals surface area (Å²) in [7, 11) is 1.61. The Labute approximate surface area is 125 Å². The first kappa shape index (κ1) is 13.5. The predicted molar refractivity (Wildman–Crippen MR) is 83.3 cm³/mol. The maximum Gasteiger partial charge on any atom is 0.264 e. The van der Waals surface area contributed by atoms with Crippen LogP contribution in [0.5, 0.6) is 5.75 Å². The summed E-state index contributed by atoms with van der Waals surface area (Å²) >= 11 is 5.26. The molecule has 0 aliphatic rings. The maximum atomic E-state index is 12.5. The number of fused-ring (bicyclic) bond motifs is 1. The molecule has 3 rings (SSSR count). The second kappa shape index (κ2) is 5.49. The van der Waals surface area contributed by atoms with Gasteiger partial charge in [0.05, 0.1) is 19.0 Å². The number of aromatic nitrogens is 3. The van der Waals surface area contributed by atoms with Gasteiger partial charge in [-0.3, -0.25) is 9.36 Å². The number of pyridine rings is 1. The molecule has 0 aliphatic heterocycles. The van der Waals surface area contributed by atoms with E-state index in [4.69, 9.17) is 17.0 Å². The van der Waals surface area contributed by atoms with Gasteiger partial charge in [-0.05, 0) is 42.0 Å². The summed E-state index contributed by atoms with van der Waals surface area (Å²) in [6, 6.07) is 11.0. The fourth-order valence-electron chi connectivity index (χ4n) is 2.18. The van der Waals surface area contributed by atoms with Gasteiger partial charge in [0.15, 0.2) is 4.77 Å². The molecule has 106 valence electrons. The molecule has 2 aromatic heterocycles. The molecule has 0 aliphatic carbocycles. The van der Waals surface area contributed by atoms with Gasteiger partial charge in [0.1, 0.15) is 11.4 Å². The van der Waals surface area contributed by atoms with Crippen LogP contribution in [0.4, 0.5) is 0 Å². The van der Waals surface area contributed by atoms with Gasteiger partial charge >= 0.3 is 0 Å². The van der Waals surface area contributed by atoms with E-state index in [2.05, 4.69) is 9.97 Å². The second-order valence-electron chi connectivity index (χ2n) is 4.57. The van der Waals surface area contributed by atoms with Crippen LogP contribution in [0.1, 0.15) is 5.56 Å². The van der Waals surface area contributed by atoms with Crippen LogP contribution in [0.15, 0.2) is 47.4 Å². The van der Waals surface area contributed by atoms with Crippen molar-refractivity contribution in [2.45, 2.75) is 6.54 Å². The molecular weight excluding hydrogens is 286 g/mol. The molecule has 0 saturated heterocycles. The number of hydrogen-bond donors (Lipinski definition) is 1. The van der Waals surface area contributed by atoms with E-state index in [0.29, 0.717) is 22.3 Å². The molecule has 0 unspecified atom stereocenters. The van der Waals surface area contributed by atoms with Gasteiger partial charge < -0.3 is 9.72 Å². The van der Waals surface area contributed by atoms with Crippen LogP contribution in [0.25, 0.3) is 11.0 Å². The van der Waals surface area contributed by atoms with Crippen LogP contribution in [0.3, 0.4) is 0 Å². The Bertz CT molecular complexity index is 914. The highest BCUT2D eigenvalue weighted by Gasteiger charge is 2.07. The van der Waals surface area contributed by atoms with Gasteiger partial charge in [-0.2, -0.15) is 0 Å². The molecule has 1 N–H and O–H groups in total. The Morgan fingerprint density at radius 2 is 2.19 bits per heavy atom. The fraction of sp³-hybridized carbons (Fsp3) is 0.133. The number of ether oxygens (including phenoxy) is 1. The Kier molecular flexibility index (Phi) is 3.53. The highest BCUT2D eigenvalue weighted by Crippen LogP contribution is 2.13. The lowest BCUT2D eigenvalue weighted by atomic mass is 10.2. The molecule has 0 amide bonds. The van der Waals surface area contributed by atoms with Gasteiger partial charge in [-0.15, -0.1) is 0 Å². The molecule has 3 aromatic rings.